The van der Waals surface area contributed by atoms with Crippen molar-refractivity contribution in [3.8, 4) is 5.75 Å². The number of rotatable bonds is 10. The SMILES string of the molecule is CC(=O)C=Cc1c(C)c(C)c(O)c(C(CCCCCC(=O)O)c2ccc(F)cc2)c1C. The smallest absolute Gasteiger partial charge is 0.303 e. The lowest BCUT2D eigenvalue weighted by molar-refractivity contribution is -0.137. The van der Waals surface area contributed by atoms with Crippen LogP contribution in [0.5, 0.6) is 5.75 Å². The molecule has 0 saturated carbocycles. The Morgan fingerprint density at radius 3 is 2.23 bits per heavy atom. The van der Waals surface area contributed by atoms with E-state index in [-0.39, 0.29) is 29.7 Å². The number of halogens is 1. The number of unbranched alkanes of at least 4 members (excludes halogenated alkanes) is 2. The van der Waals surface area contributed by atoms with Crippen molar-refractivity contribution in [2.75, 3.05) is 0 Å². The second kappa shape index (κ2) is 10.9. The Labute approximate surface area is 183 Å². The van der Waals surface area contributed by atoms with Gasteiger partial charge in [-0.2, -0.15) is 0 Å². The maximum atomic E-state index is 13.6. The quantitative estimate of drug-likeness (QED) is 0.349. The summed E-state index contributed by atoms with van der Waals surface area (Å²) in [6.45, 7) is 7.20. The molecule has 2 aromatic rings. The van der Waals surface area contributed by atoms with Crippen LogP contribution < -0.4 is 0 Å². The van der Waals surface area contributed by atoms with Crippen molar-refractivity contribution in [2.24, 2.45) is 0 Å². The predicted octanol–water partition coefficient (Wildman–Crippen LogP) is 6.23. The first-order chi connectivity index (χ1) is 14.6. The normalized spacial score (nSPS) is 12.3. The lowest BCUT2D eigenvalue weighted by Gasteiger charge is -2.25. The fourth-order valence-corrected chi connectivity index (χ4v) is 4.04. The summed E-state index contributed by atoms with van der Waals surface area (Å²) >= 11 is 0. The van der Waals surface area contributed by atoms with Gasteiger partial charge in [-0.05, 0) is 86.6 Å². The van der Waals surface area contributed by atoms with E-state index in [1.807, 2.05) is 20.8 Å². The number of carbonyl (C=O) groups is 2. The van der Waals surface area contributed by atoms with E-state index < -0.39 is 5.97 Å². The molecular formula is C26H31FO4. The molecule has 0 aliphatic heterocycles. The van der Waals surface area contributed by atoms with Crippen LogP contribution in [0.25, 0.3) is 6.08 Å². The molecule has 1 unspecified atom stereocenters. The third kappa shape index (κ3) is 6.27. The van der Waals surface area contributed by atoms with E-state index in [0.29, 0.717) is 12.8 Å². The highest BCUT2D eigenvalue weighted by Gasteiger charge is 2.24. The monoisotopic (exact) mass is 426 g/mol. The third-order valence-electron chi connectivity index (χ3n) is 5.87. The van der Waals surface area contributed by atoms with Crippen molar-refractivity contribution in [1.29, 1.82) is 0 Å². The zero-order chi connectivity index (χ0) is 23.1. The second-order valence-electron chi connectivity index (χ2n) is 8.09. The van der Waals surface area contributed by atoms with Gasteiger partial charge in [0.05, 0.1) is 0 Å². The molecule has 0 aliphatic carbocycles. The number of carboxylic acid groups (broad SMARTS) is 1. The van der Waals surface area contributed by atoms with E-state index in [1.54, 1.807) is 18.2 Å². The van der Waals surface area contributed by atoms with Crippen LogP contribution in [0.2, 0.25) is 0 Å². The molecule has 0 amide bonds. The van der Waals surface area contributed by atoms with Crippen molar-refractivity contribution in [1.82, 2.24) is 0 Å². The summed E-state index contributed by atoms with van der Waals surface area (Å²) in [7, 11) is 0. The third-order valence-corrected chi connectivity index (χ3v) is 5.87. The fraction of sp³-hybridized carbons (Fsp3) is 0.385. The topological polar surface area (TPSA) is 74.6 Å². The number of ketones is 1. The van der Waals surface area contributed by atoms with Crippen molar-refractivity contribution in [3.05, 3.63) is 69.5 Å². The van der Waals surface area contributed by atoms with E-state index >= 15 is 0 Å². The summed E-state index contributed by atoms with van der Waals surface area (Å²) in [5, 5.41) is 19.9. The van der Waals surface area contributed by atoms with E-state index in [0.717, 1.165) is 46.2 Å². The average molecular weight is 427 g/mol. The largest absolute Gasteiger partial charge is 0.507 e. The van der Waals surface area contributed by atoms with Gasteiger partial charge in [0.15, 0.2) is 5.78 Å². The number of carboxylic acids is 1. The van der Waals surface area contributed by atoms with Crippen molar-refractivity contribution in [3.63, 3.8) is 0 Å². The van der Waals surface area contributed by atoms with Crippen molar-refractivity contribution < 1.29 is 24.2 Å². The number of aromatic hydroxyl groups is 1. The Balaban J connectivity index is 2.52. The summed E-state index contributed by atoms with van der Waals surface area (Å²) in [4.78, 5) is 22.3. The van der Waals surface area contributed by atoms with Gasteiger partial charge in [0.2, 0.25) is 0 Å². The van der Waals surface area contributed by atoms with Crippen molar-refractivity contribution in [2.45, 2.75) is 65.7 Å². The molecule has 4 nitrogen and oxygen atoms in total. The first-order valence-electron chi connectivity index (χ1n) is 10.6. The molecule has 0 saturated heterocycles. The summed E-state index contributed by atoms with van der Waals surface area (Å²) in [6, 6.07) is 6.29. The summed E-state index contributed by atoms with van der Waals surface area (Å²) in [5.41, 5.74) is 5.12. The molecule has 0 radical (unpaired) electrons. The predicted molar refractivity (Wildman–Crippen MR) is 121 cm³/mol. The molecule has 0 bridgehead atoms. The van der Waals surface area contributed by atoms with E-state index in [2.05, 4.69) is 0 Å². The fourth-order valence-electron chi connectivity index (χ4n) is 4.04. The Morgan fingerprint density at radius 2 is 1.65 bits per heavy atom. The number of allylic oxidation sites excluding steroid dienone is 1. The summed E-state index contributed by atoms with van der Waals surface area (Å²) in [5.74, 6) is -1.14. The molecule has 1 atom stereocenters. The average Bonchev–Trinajstić information content (AvgIpc) is 2.71. The number of hydrogen-bond acceptors (Lipinski definition) is 3. The molecule has 31 heavy (non-hydrogen) atoms. The van der Waals surface area contributed by atoms with E-state index in [1.165, 1.54) is 25.1 Å². The molecule has 2 N–H and O–H groups in total. The van der Waals surface area contributed by atoms with E-state index in [4.69, 9.17) is 5.11 Å². The Kier molecular flexibility index (Phi) is 8.55. The van der Waals surface area contributed by atoms with Gasteiger partial charge < -0.3 is 10.2 Å². The minimum atomic E-state index is -0.806. The zero-order valence-corrected chi connectivity index (χ0v) is 18.7. The van der Waals surface area contributed by atoms with Crippen LogP contribution in [0.1, 0.15) is 78.3 Å². The minimum Gasteiger partial charge on any atom is -0.507 e. The number of aliphatic carboxylic acids is 1. The molecule has 5 heteroatoms. The van der Waals surface area contributed by atoms with Gasteiger partial charge in [0.1, 0.15) is 11.6 Å². The highest BCUT2D eigenvalue weighted by molar-refractivity contribution is 5.92. The number of carbonyl (C=O) groups excluding carboxylic acids is 1. The van der Waals surface area contributed by atoms with Crippen LogP contribution >= 0.6 is 0 Å². The molecule has 0 fully saturated rings. The van der Waals surface area contributed by atoms with Crippen molar-refractivity contribution >= 4 is 17.8 Å². The lowest BCUT2D eigenvalue weighted by atomic mass is 9.80. The van der Waals surface area contributed by atoms with Gasteiger partial charge in [-0.1, -0.05) is 31.1 Å². The first-order valence-corrected chi connectivity index (χ1v) is 10.6. The van der Waals surface area contributed by atoms with Gasteiger partial charge in [-0.15, -0.1) is 0 Å². The molecular weight excluding hydrogens is 395 g/mol. The number of phenols is 1. The van der Waals surface area contributed by atoms with Crippen LogP contribution in [-0.2, 0) is 9.59 Å². The van der Waals surface area contributed by atoms with Crippen LogP contribution in [0.15, 0.2) is 30.3 Å². The van der Waals surface area contributed by atoms with Crippen LogP contribution in [-0.4, -0.2) is 22.0 Å². The van der Waals surface area contributed by atoms with Gasteiger partial charge in [0.25, 0.3) is 0 Å². The first kappa shape index (κ1) is 24.3. The zero-order valence-electron chi connectivity index (χ0n) is 18.7. The van der Waals surface area contributed by atoms with Gasteiger partial charge in [-0.3, -0.25) is 9.59 Å². The van der Waals surface area contributed by atoms with Crippen LogP contribution in [0.4, 0.5) is 4.39 Å². The molecule has 2 rings (SSSR count). The number of hydrogen-bond donors (Lipinski definition) is 2. The highest BCUT2D eigenvalue weighted by atomic mass is 19.1. The van der Waals surface area contributed by atoms with Gasteiger partial charge in [-0.25, -0.2) is 4.39 Å². The second-order valence-corrected chi connectivity index (χ2v) is 8.09. The van der Waals surface area contributed by atoms with Crippen LogP contribution in [0, 0.1) is 26.6 Å². The maximum absolute atomic E-state index is 13.6. The molecule has 0 aromatic heterocycles. The van der Waals surface area contributed by atoms with E-state index in [9.17, 15) is 19.1 Å². The Hall–Kier alpha value is -2.95. The van der Waals surface area contributed by atoms with Gasteiger partial charge in [0, 0.05) is 17.9 Å². The number of benzene rings is 2. The molecule has 2 aromatic carbocycles. The maximum Gasteiger partial charge on any atom is 0.303 e. The molecule has 0 heterocycles. The van der Waals surface area contributed by atoms with Gasteiger partial charge >= 0.3 is 5.97 Å². The number of phenolic OH excluding ortho intramolecular Hbond substituents is 1. The minimum absolute atomic E-state index is 0.0559. The molecule has 0 aliphatic rings. The Bertz CT molecular complexity index is 974. The summed E-state index contributed by atoms with van der Waals surface area (Å²) in [6.07, 6.45) is 6.26. The lowest BCUT2D eigenvalue weighted by Crippen LogP contribution is -2.08. The highest BCUT2D eigenvalue weighted by Crippen LogP contribution is 2.42. The Morgan fingerprint density at radius 1 is 1.00 bits per heavy atom. The molecule has 0 spiro atoms. The van der Waals surface area contributed by atoms with Crippen LogP contribution in [0.3, 0.4) is 0 Å². The summed E-state index contributed by atoms with van der Waals surface area (Å²) < 4.78 is 13.6. The standard InChI is InChI=1S/C26H31FO4/c1-16(28)10-15-22-17(2)18(3)26(31)25(19(22)4)23(8-6-5-7-9-24(29)30)20-11-13-21(27)14-12-20/h10-15,23,31H,5-9H2,1-4H3,(H,29,30). The molecule has 166 valence electrons.